The number of unbranched alkanes of at least 4 members (excludes halogenated alkanes) is 1. The second-order valence-electron chi connectivity index (χ2n) is 6.97. The fourth-order valence-electron chi connectivity index (χ4n) is 2.46. The Morgan fingerprint density at radius 3 is 2.14 bits per heavy atom. The Balaban J connectivity index is 5.01. The molecule has 0 bridgehead atoms. The van der Waals surface area contributed by atoms with Gasteiger partial charge in [-0.15, -0.1) is 0 Å². The van der Waals surface area contributed by atoms with Gasteiger partial charge in [-0.2, -0.15) is 0 Å². The van der Waals surface area contributed by atoms with Crippen molar-refractivity contribution in [2.75, 3.05) is 13.1 Å². The first-order chi connectivity index (χ1) is 13.1. The molecule has 0 spiro atoms. The fourth-order valence-corrected chi connectivity index (χ4v) is 2.46. The van der Waals surface area contributed by atoms with E-state index in [1.165, 1.54) is 0 Å². The average molecular weight is 402 g/mol. The first kappa shape index (κ1) is 25.6. The van der Waals surface area contributed by atoms with E-state index >= 15 is 0 Å². The van der Waals surface area contributed by atoms with Crippen molar-refractivity contribution in [3.8, 4) is 0 Å². The molecule has 28 heavy (non-hydrogen) atoms. The van der Waals surface area contributed by atoms with Gasteiger partial charge in [0.1, 0.15) is 12.1 Å². The van der Waals surface area contributed by atoms with Crippen LogP contribution >= 0.6 is 0 Å². The van der Waals surface area contributed by atoms with Crippen molar-refractivity contribution in [3.63, 3.8) is 0 Å². The number of carboxylic acid groups (broad SMARTS) is 1. The zero-order valence-corrected chi connectivity index (χ0v) is 16.7. The van der Waals surface area contributed by atoms with Crippen LogP contribution in [0, 0.1) is 5.92 Å². The number of hydrogen-bond acceptors (Lipinski definition) is 6. The molecule has 0 unspecified atom stereocenters. The summed E-state index contributed by atoms with van der Waals surface area (Å²) in [6, 6.07) is -2.79. The van der Waals surface area contributed by atoms with Crippen molar-refractivity contribution in [2.24, 2.45) is 33.8 Å². The molecular weight excluding hydrogens is 366 g/mol. The molecule has 0 aromatic carbocycles. The summed E-state index contributed by atoms with van der Waals surface area (Å²) in [7, 11) is 0. The van der Waals surface area contributed by atoms with Crippen molar-refractivity contribution in [2.45, 2.75) is 64.1 Å². The first-order valence-corrected chi connectivity index (χ1v) is 9.44. The van der Waals surface area contributed by atoms with E-state index in [1.807, 2.05) is 0 Å². The van der Waals surface area contributed by atoms with Crippen LogP contribution < -0.4 is 33.6 Å². The summed E-state index contributed by atoms with van der Waals surface area (Å²) < 4.78 is 0. The molecule has 0 saturated heterocycles. The molecule has 0 aromatic heterocycles. The number of aliphatic imine (C=N–C) groups is 1. The van der Waals surface area contributed by atoms with Crippen molar-refractivity contribution in [1.29, 1.82) is 0 Å². The number of carbonyl (C=O) groups excluding carboxylic acids is 2. The normalized spacial score (nSPS) is 14.0. The number of hydrogen-bond donors (Lipinski definition) is 7. The third-order valence-electron chi connectivity index (χ3n) is 4.11. The van der Waals surface area contributed by atoms with E-state index in [0.717, 1.165) is 6.42 Å². The van der Waals surface area contributed by atoms with E-state index in [0.29, 0.717) is 25.8 Å². The monoisotopic (exact) mass is 401 g/mol. The molecular formula is C17H35N7O4. The highest BCUT2D eigenvalue weighted by Gasteiger charge is 2.29. The van der Waals surface area contributed by atoms with Crippen molar-refractivity contribution >= 4 is 23.7 Å². The Hall–Kier alpha value is -2.40. The molecule has 0 aliphatic heterocycles. The Morgan fingerprint density at radius 2 is 1.64 bits per heavy atom. The quantitative estimate of drug-likeness (QED) is 0.0999. The third kappa shape index (κ3) is 10.7. The molecule has 11 heteroatoms. The topological polar surface area (TPSA) is 212 Å². The molecule has 0 fully saturated rings. The van der Waals surface area contributed by atoms with E-state index in [1.54, 1.807) is 13.8 Å². The summed E-state index contributed by atoms with van der Waals surface area (Å²) in [6.45, 7) is 4.14. The third-order valence-corrected chi connectivity index (χ3v) is 4.11. The molecule has 11 N–H and O–H groups in total. The van der Waals surface area contributed by atoms with Crippen LogP contribution in [-0.2, 0) is 14.4 Å². The lowest BCUT2D eigenvalue weighted by molar-refractivity contribution is -0.143. The maximum atomic E-state index is 12.6. The molecule has 0 saturated carbocycles. The number of amides is 2. The van der Waals surface area contributed by atoms with Gasteiger partial charge in [-0.25, -0.2) is 4.79 Å². The van der Waals surface area contributed by atoms with Crippen LogP contribution in [0.4, 0.5) is 0 Å². The number of carbonyl (C=O) groups is 3. The standard InChI is InChI=1S/C17H35N7O4/c1-10(2)13(16(27)28)24-15(26)12(7-5-9-22-17(20)21)23-14(25)11(19)6-3-4-8-18/h10-13H,3-9,18-19H2,1-2H3,(H,23,25)(H,24,26)(H,27,28)(H4,20,21,22)/t11-,12-,13-/m0/s1. The zero-order valence-electron chi connectivity index (χ0n) is 16.7. The number of nitrogens with two attached hydrogens (primary N) is 4. The minimum atomic E-state index is -1.15. The van der Waals surface area contributed by atoms with Crippen LogP contribution in [0.15, 0.2) is 4.99 Å². The number of nitrogens with zero attached hydrogens (tertiary/aromatic N) is 1. The number of nitrogens with one attached hydrogen (secondary N) is 2. The molecule has 0 radical (unpaired) electrons. The molecule has 0 heterocycles. The van der Waals surface area contributed by atoms with Gasteiger partial charge in [0, 0.05) is 6.54 Å². The van der Waals surface area contributed by atoms with Gasteiger partial charge in [-0.05, 0) is 38.1 Å². The van der Waals surface area contributed by atoms with Crippen LogP contribution in [0.5, 0.6) is 0 Å². The van der Waals surface area contributed by atoms with Gasteiger partial charge in [-0.3, -0.25) is 14.6 Å². The van der Waals surface area contributed by atoms with Crippen molar-refractivity contribution in [3.05, 3.63) is 0 Å². The average Bonchev–Trinajstić information content (AvgIpc) is 2.60. The minimum absolute atomic E-state index is 0.0716. The van der Waals surface area contributed by atoms with Gasteiger partial charge in [0.15, 0.2) is 5.96 Å². The van der Waals surface area contributed by atoms with Gasteiger partial charge in [0.25, 0.3) is 0 Å². The largest absolute Gasteiger partial charge is 0.480 e. The summed E-state index contributed by atoms with van der Waals surface area (Å²) in [4.78, 5) is 40.1. The Labute approximate surface area is 165 Å². The van der Waals surface area contributed by atoms with Crippen LogP contribution in [0.2, 0.25) is 0 Å². The Kier molecular flexibility index (Phi) is 12.5. The summed E-state index contributed by atoms with van der Waals surface area (Å²) in [5.74, 6) is -2.60. The second-order valence-corrected chi connectivity index (χ2v) is 6.97. The maximum absolute atomic E-state index is 12.6. The molecule has 0 aliphatic rings. The lowest BCUT2D eigenvalue weighted by atomic mass is 10.0. The highest BCUT2D eigenvalue weighted by Crippen LogP contribution is 2.06. The van der Waals surface area contributed by atoms with E-state index < -0.39 is 35.9 Å². The number of rotatable bonds is 14. The number of aliphatic carboxylic acids is 1. The summed E-state index contributed by atoms with van der Waals surface area (Å²) >= 11 is 0. The summed E-state index contributed by atoms with van der Waals surface area (Å²) in [6.07, 6.45) is 2.53. The van der Waals surface area contributed by atoms with E-state index in [-0.39, 0.29) is 24.8 Å². The van der Waals surface area contributed by atoms with Gasteiger partial charge >= 0.3 is 5.97 Å². The molecule has 2 amide bonds. The van der Waals surface area contributed by atoms with Crippen LogP contribution in [0.1, 0.15) is 46.0 Å². The van der Waals surface area contributed by atoms with E-state index in [9.17, 15) is 19.5 Å². The first-order valence-electron chi connectivity index (χ1n) is 9.44. The molecule has 162 valence electrons. The minimum Gasteiger partial charge on any atom is -0.480 e. The molecule has 3 atom stereocenters. The maximum Gasteiger partial charge on any atom is 0.326 e. The predicted octanol–water partition coefficient (Wildman–Crippen LogP) is -1.79. The van der Waals surface area contributed by atoms with Gasteiger partial charge < -0.3 is 38.7 Å². The SMILES string of the molecule is CC(C)[C@H](NC(=O)[C@H](CCCN=C(N)N)NC(=O)[C@@H](N)CCCCN)C(=O)O. The van der Waals surface area contributed by atoms with Gasteiger partial charge in [0.2, 0.25) is 11.8 Å². The van der Waals surface area contributed by atoms with Crippen molar-refractivity contribution < 1.29 is 19.5 Å². The van der Waals surface area contributed by atoms with E-state index in [4.69, 9.17) is 22.9 Å². The van der Waals surface area contributed by atoms with Crippen molar-refractivity contribution in [1.82, 2.24) is 10.6 Å². The molecule has 0 rings (SSSR count). The highest BCUT2D eigenvalue weighted by molar-refractivity contribution is 5.91. The smallest absolute Gasteiger partial charge is 0.326 e. The number of guanidine groups is 1. The van der Waals surface area contributed by atoms with Crippen LogP contribution in [0.25, 0.3) is 0 Å². The lowest BCUT2D eigenvalue weighted by Gasteiger charge is -2.24. The van der Waals surface area contributed by atoms with E-state index in [2.05, 4.69) is 15.6 Å². The fraction of sp³-hybridized carbons (Fsp3) is 0.765. The Morgan fingerprint density at radius 1 is 1.00 bits per heavy atom. The summed E-state index contributed by atoms with van der Waals surface area (Å²) in [5.41, 5.74) is 21.8. The molecule has 11 nitrogen and oxygen atoms in total. The lowest BCUT2D eigenvalue weighted by Crippen LogP contribution is -2.55. The number of carboxylic acids is 1. The van der Waals surface area contributed by atoms with Gasteiger partial charge in [0.05, 0.1) is 6.04 Å². The second kappa shape index (κ2) is 13.7. The van der Waals surface area contributed by atoms with Crippen LogP contribution in [-0.4, -0.2) is 60.1 Å². The van der Waals surface area contributed by atoms with Crippen LogP contribution in [0.3, 0.4) is 0 Å². The molecule has 0 aromatic rings. The molecule has 0 aliphatic carbocycles. The highest BCUT2D eigenvalue weighted by atomic mass is 16.4. The predicted molar refractivity (Wildman–Crippen MR) is 107 cm³/mol. The van der Waals surface area contributed by atoms with Gasteiger partial charge in [-0.1, -0.05) is 20.3 Å². The summed E-state index contributed by atoms with van der Waals surface area (Å²) in [5, 5.41) is 14.3. The zero-order chi connectivity index (χ0) is 21.7. The Bertz CT molecular complexity index is 536.